The second-order valence-electron chi connectivity index (χ2n) is 4.68. The third-order valence-corrected chi connectivity index (χ3v) is 3.09. The molecule has 0 spiro atoms. The Kier molecular flexibility index (Phi) is 5.15. The molecule has 5 heteroatoms. The molecule has 0 aromatic rings. The van der Waals surface area contributed by atoms with E-state index in [0.717, 1.165) is 12.5 Å². The number of nitrogens with zero attached hydrogens (tertiary/aromatic N) is 1. The maximum atomic E-state index is 11.6. The van der Waals surface area contributed by atoms with E-state index in [9.17, 15) is 4.79 Å². The SMILES string of the molecule is CC(CC(N)=S)N(C)CC(=O)NCC1CC1. The Morgan fingerprint density at radius 2 is 2.25 bits per heavy atom. The van der Waals surface area contributed by atoms with Crippen LogP contribution < -0.4 is 11.1 Å². The van der Waals surface area contributed by atoms with Crippen LogP contribution in [0.1, 0.15) is 26.2 Å². The monoisotopic (exact) mass is 243 g/mol. The Labute approximate surface area is 103 Å². The molecule has 4 nitrogen and oxygen atoms in total. The Bertz CT molecular complexity index is 266. The highest BCUT2D eigenvalue weighted by atomic mass is 32.1. The van der Waals surface area contributed by atoms with Gasteiger partial charge in [0, 0.05) is 19.0 Å². The van der Waals surface area contributed by atoms with Crippen LogP contribution in [-0.2, 0) is 4.79 Å². The summed E-state index contributed by atoms with van der Waals surface area (Å²) in [5.74, 6) is 0.812. The number of likely N-dealkylation sites (N-methyl/N-ethyl adjacent to an activating group) is 1. The van der Waals surface area contributed by atoms with Gasteiger partial charge in [-0.1, -0.05) is 12.2 Å². The molecule has 0 heterocycles. The molecule has 1 rings (SSSR count). The molecular formula is C11H21N3OS. The number of nitrogens with two attached hydrogens (primary N) is 1. The zero-order chi connectivity index (χ0) is 12.1. The fourth-order valence-electron chi connectivity index (χ4n) is 1.47. The van der Waals surface area contributed by atoms with E-state index < -0.39 is 0 Å². The van der Waals surface area contributed by atoms with Gasteiger partial charge >= 0.3 is 0 Å². The summed E-state index contributed by atoms with van der Waals surface area (Å²) in [6.07, 6.45) is 3.17. The molecule has 0 bridgehead atoms. The predicted molar refractivity (Wildman–Crippen MR) is 69.2 cm³/mol. The van der Waals surface area contributed by atoms with Crippen molar-refractivity contribution in [2.75, 3.05) is 20.1 Å². The summed E-state index contributed by atoms with van der Waals surface area (Å²) in [6, 6.07) is 0.212. The molecule has 0 aromatic carbocycles. The Morgan fingerprint density at radius 1 is 1.62 bits per heavy atom. The van der Waals surface area contributed by atoms with Crippen LogP contribution in [0.2, 0.25) is 0 Å². The second-order valence-corrected chi connectivity index (χ2v) is 5.21. The van der Waals surface area contributed by atoms with Crippen LogP contribution in [0.3, 0.4) is 0 Å². The fourth-order valence-corrected chi connectivity index (χ4v) is 1.71. The van der Waals surface area contributed by atoms with E-state index in [1.807, 2.05) is 18.9 Å². The number of carbonyl (C=O) groups is 1. The van der Waals surface area contributed by atoms with Gasteiger partial charge in [0.15, 0.2) is 0 Å². The van der Waals surface area contributed by atoms with Gasteiger partial charge in [0.05, 0.1) is 11.5 Å². The number of rotatable bonds is 7. The number of carbonyl (C=O) groups excluding carboxylic acids is 1. The number of amides is 1. The standard InChI is InChI=1S/C11H21N3OS/c1-8(5-10(12)16)14(2)7-11(15)13-6-9-3-4-9/h8-9H,3-7H2,1-2H3,(H2,12,16)(H,13,15). The number of thiocarbonyl (C=S) groups is 1. The van der Waals surface area contributed by atoms with Crippen LogP contribution in [0, 0.1) is 5.92 Å². The summed E-state index contributed by atoms with van der Waals surface area (Å²) in [5.41, 5.74) is 5.47. The van der Waals surface area contributed by atoms with E-state index in [1.54, 1.807) is 0 Å². The zero-order valence-electron chi connectivity index (χ0n) is 10.0. The molecule has 0 radical (unpaired) electrons. The van der Waals surface area contributed by atoms with E-state index in [0.29, 0.717) is 18.0 Å². The Hall–Kier alpha value is -0.680. The quantitative estimate of drug-likeness (QED) is 0.640. The molecule has 1 aliphatic carbocycles. The van der Waals surface area contributed by atoms with E-state index in [4.69, 9.17) is 18.0 Å². The average molecular weight is 243 g/mol. The van der Waals surface area contributed by atoms with Crippen molar-refractivity contribution in [1.82, 2.24) is 10.2 Å². The van der Waals surface area contributed by atoms with Crippen LogP contribution in [0.4, 0.5) is 0 Å². The fraction of sp³-hybridized carbons (Fsp3) is 0.818. The maximum Gasteiger partial charge on any atom is 0.234 e. The molecule has 1 amide bonds. The third-order valence-electron chi connectivity index (χ3n) is 2.93. The Morgan fingerprint density at radius 3 is 2.75 bits per heavy atom. The van der Waals surface area contributed by atoms with E-state index in [2.05, 4.69) is 5.32 Å². The van der Waals surface area contributed by atoms with E-state index in [1.165, 1.54) is 12.8 Å². The van der Waals surface area contributed by atoms with Crippen molar-refractivity contribution in [1.29, 1.82) is 0 Å². The molecule has 1 saturated carbocycles. The van der Waals surface area contributed by atoms with Gasteiger partial charge in [-0.2, -0.15) is 0 Å². The minimum Gasteiger partial charge on any atom is -0.393 e. The summed E-state index contributed by atoms with van der Waals surface area (Å²) in [4.78, 5) is 14.0. The molecule has 16 heavy (non-hydrogen) atoms. The van der Waals surface area contributed by atoms with Crippen LogP contribution in [0.25, 0.3) is 0 Å². The first-order chi connectivity index (χ1) is 7.49. The van der Waals surface area contributed by atoms with Gasteiger partial charge < -0.3 is 11.1 Å². The summed E-state index contributed by atoms with van der Waals surface area (Å²) in [5, 5.41) is 2.94. The lowest BCUT2D eigenvalue weighted by molar-refractivity contribution is -0.122. The van der Waals surface area contributed by atoms with Crippen molar-refractivity contribution >= 4 is 23.1 Å². The molecule has 0 saturated heterocycles. The average Bonchev–Trinajstić information content (AvgIpc) is 2.96. The lowest BCUT2D eigenvalue weighted by Gasteiger charge is -2.23. The van der Waals surface area contributed by atoms with Crippen molar-refractivity contribution < 1.29 is 4.79 Å². The molecule has 0 aliphatic heterocycles. The van der Waals surface area contributed by atoms with Crippen LogP contribution in [0.5, 0.6) is 0 Å². The first kappa shape index (κ1) is 13.4. The molecule has 1 atom stereocenters. The minimum absolute atomic E-state index is 0.0872. The summed E-state index contributed by atoms with van der Waals surface area (Å²) in [7, 11) is 1.92. The first-order valence-electron chi connectivity index (χ1n) is 5.74. The van der Waals surface area contributed by atoms with Gasteiger partial charge in [0.2, 0.25) is 5.91 Å². The lowest BCUT2D eigenvalue weighted by Crippen LogP contribution is -2.41. The number of hydrogen-bond donors (Lipinski definition) is 2. The van der Waals surface area contributed by atoms with Gasteiger partial charge in [-0.3, -0.25) is 9.69 Å². The largest absolute Gasteiger partial charge is 0.393 e. The molecule has 1 unspecified atom stereocenters. The topological polar surface area (TPSA) is 58.4 Å². The minimum atomic E-state index is 0.0872. The highest BCUT2D eigenvalue weighted by Gasteiger charge is 2.22. The van der Waals surface area contributed by atoms with Crippen LogP contribution in [-0.4, -0.2) is 42.0 Å². The smallest absolute Gasteiger partial charge is 0.234 e. The highest BCUT2D eigenvalue weighted by molar-refractivity contribution is 7.80. The Balaban J connectivity index is 2.17. The number of nitrogens with one attached hydrogen (secondary N) is 1. The zero-order valence-corrected chi connectivity index (χ0v) is 10.8. The summed E-state index contributed by atoms with van der Waals surface area (Å²) in [6.45, 7) is 3.26. The maximum absolute atomic E-state index is 11.6. The van der Waals surface area contributed by atoms with Gasteiger partial charge in [-0.15, -0.1) is 0 Å². The molecule has 0 aromatic heterocycles. The van der Waals surface area contributed by atoms with Gasteiger partial charge in [0.25, 0.3) is 0 Å². The molecular weight excluding hydrogens is 222 g/mol. The lowest BCUT2D eigenvalue weighted by atomic mass is 10.2. The second kappa shape index (κ2) is 6.15. The highest BCUT2D eigenvalue weighted by Crippen LogP contribution is 2.27. The van der Waals surface area contributed by atoms with Crippen molar-refractivity contribution in [2.24, 2.45) is 11.7 Å². The molecule has 1 fully saturated rings. The van der Waals surface area contributed by atoms with Crippen LogP contribution >= 0.6 is 12.2 Å². The van der Waals surface area contributed by atoms with E-state index >= 15 is 0 Å². The summed E-state index contributed by atoms with van der Waals surface area (Å²) >= 11 is 4.85. The van der Waals surface area contributed by atoms with Gasteiger partial charge in [-0.25, -0.2) is 0 Å². The molecule has 92 valence electrons. The number of hydrogen-bond acceptors (Lipinski definition) is 3. The third kappa shape index (κ3) is 5.42. The van der Waals surface area contributed by atoms with Gasteiger partial charge in [0.1, 0.15) is 0 Å². The van der Waals surface area contributed by atoms with Crippen molar-refractivity contribution in [3.63, 3.8) is 0 Å². The van der Waals surface area contributed by atoms with Crippen molar-refractivity contribution in [3.8, 4) is 0 Å². The first-order valence-corrected chi connectivity index (χ1v) is 6.15. The molecule has 3 N–H and O–H groups in total. The van der Waals surface area contributed by atoms with Gasteiger partial charge in [-0.05, 0) is 32.7 Å². The van der Waals surface area contributed by atoms with Crippen molar-refractivity contribution in [3.05, 3.63) is 0 Å². The summed E-state index contributed by atoms with van der Waals surface area (Å²) < 4.78 is 0. The van der Waals surface area contributed by atoms with Crippen LogP contribution in [0.15, 0.2) is 0 Å². The van der Waals surface area contributed by atoms with Crippen molar-refractivity contribution in [2.45, 2.75) is 32.2 Å². The van der Waals surface area contributed by atoms with E-state index in [-0.39, 0.29) is 11.9 Å². The molecule has 1 aliphatic rings. The normalized spacial score (nSPS) is 17.2. The predicted octanol–water partition coefficient (Wildman–Crippen LogP) is 0.509.